The number of amides is 2. The van der Waals surface area contributed by atoms with Crippen molar-refractivity contribution in [2.24, 2.45) is 0 Å². The van der Waals surface area contributed by atoms with Crippen molar-refractivity contribution in [3.63, 3.8) is 0 Å². The number of carbonyl (C=O) groups excluding carboxylic acids is 2. The van der Waals surface area contributed by atoms with Crippen LogP contribution in [0.4, 0.5) is 5.69 Å². The van der Waals surface area contributed by atoms with Crippen molar-refractivity contribution in [3.8, 4) is 22.8 Å². The molecule has 3 heterocycles. The summed E-state index contributed by atoms with van der Waals surface area (Å²) in [5.74, 6) is 0.854. The maximum absolute atomic E-state index is 13.1. The number of hydrogen-bond donors (Lipinski definition) is 1. The van der Waals surface area contributed by atoms with E-state index in [0.29, 0.717) is 41.5 Å². The number of nitrogens with zero attached hydrogens (tertiary/aromatic N) is 5. The molecule has 0 spiro atoms. The summed E-state index contributed by atoms with van der Waals surface area (Å²) in [6.45, 7) is 5.02. The third kappa shape index (κ3) is 4.90. The zero-order valence-electron chi connectivity index (χ0n) is 21.9. The molecule has 0 atom stereocenters. The first kappa shape index (κ1) is 25.2. The Hall–Kier alpha value is -4.44. The molecule has 0 saturated carbocycles. The molecule has 4 aromatic rings. The Kier molecular flexibility index (Phi) is 6.97. The van der Waals surface area contributed by atoms with Crippen LogP contribution in [0, 0.1) is 6.92 Å². The number of benzene rings is 2. The molecular weight excluding hydrogens is 484 g/mol. The summed E-state index contributed by atoms with van der Waals surface area (Å²) < 4.78 is 12.4. The van der Waals surface area contributed by atoms with E-state index in [0.717, 1.165) is 29.9 Å². The largest absolute Gasteiger partial charge is 0.493 e. The summed E-state index contributed by atoms with van der Waals surface area (Å²) in [7, 11) is 5.22. The number of anilines is 1. The highest BCUT2D eigenvalue weighted by Gasteiger charge is 2.22. The van der Waals surface area contributed by atoms with Crippen LogP contribution in [0.1, 0.15) is 26.4 Å². The average Bonchev–Trinajstić information content (AvgIpc) is 3.38. The number of aryl methyl sites for hydroxylation is 1. The molecule has 5 rings (SSSR count). The van der Waals surface area contributed by atoms with Gasteiger partial charge in [0.25, 0.3) is 11.8 Å². The van der Waals surface area contributed by atoms with E-state index in [1.54, 1.807) is 43.1 Å². The maximum Gasteiger partial charge on any atom is 0.276 e. The Morgan fingerprint density at radius 2 is 1.68 bits per heavy atom. The zero-order valence-corrected chi connectivity index (χ0v) is 21.9. The SMILES string of the molecule is COc1ccc(-c2ccnc3cc(C(=O)Nc4ccc(C(=O)N5CCN(C)CC5)c(C)c4)nn23)cc1OC. The molecular formula is C28H30N6O4. The molecule has 10 heteroatoms. The van der Waals surface area contributed by atoms with Gasteiger partial charge in [0, 0.05) is 55.3 Å². The van der Waals surface area contributed by atoms with Crippen LogP contribution >= 0.6 is 0 Å². The lowest BCUT2D eigenvalue weighted by Gasteiger charge is -2.32. The summed E-state index contributed by atoms with van der Waals surface area (Å²) in [4.78, 5) is 34.5. The number of methoxy groups -OCH3 is 2. The number of aromatic nitrogens is 3. The molecule has 0 unspecified atom stereocenters. The van der Waals surface area contributed by atoms with Gasteiger partial charge in [-0.15, -0.1) is 0 Å². The van der Waals surface area contributed by atoms with Crippen LogP contribution in [0.15, 0.2) is 54.7 Å². The van der Waals surface area contributed by atoms with E-state index in [-0.39, 0.29) is 17.5 Å². The van der Waals surface area contributed by atoms with Gasteiger partial charge in [-0.3, -0.25) is 9.59 Å². The molecule has 1 N–H and O–H groups in total. The quantitative estimate of drug-likeness (QED) is 0.421. The molecule has 0 aliphatic carbocycles. The van der Waals surface area contributed by atoms with Crippen LogP contribution < -0.4 is 14.8 Å². The number of piperazine rings is 1. The maximum atomic E-state index is 13.1. The van der Waals surface area contributed by atoms with Crippen LogP contribution in [-0.4, -0.2) is 83.7 Å². The first-order chi connectivity index (χ1) is 18.4. The molecule has 1 aliphatic heterocycles. The van der Waals surface area contributed by atoms with Crippen LogP contribution in [0.3, 0.4) is 0 Å². The van der Waals surface area contributed by atoms with E-state index in [1.165, 1.54) is 0 Å². The summed E-state index contributed by atoms with van der Waals surface area (Å²) in [6.07, 6.45) is 1.67. The molecule has 2 aromatic heterocycles. The van der Waals surface area contributed by atoms with E-state index in [9.17, 15) is 9.59 Å². The van der Waals surface area contributed by atoms with Crippen molar-refractivity contribution in [2.45, 2.75) is 6.92 Å². The molecule has 10 nitrogen and oxygen atoms in total. The first-order valence-electron chi connectivity index (χ1n) is 12.3. The standard InChI is InChI=1S/C28H30N6O4/c1-18-15-20(6-7-21(18)28(36)33-13-11-32(2)12-14-33)30-27(35)22-17-26-29-10-9-23(34(26)31-22)19-5-8-24(37-3)25(16-19)38-4/h5-10,15-17H,11-14H2,1-4H3,(H,30,35). The van der Waals surface area contributed by atoms with Crippen molar-refractivity contribution in [1.29, 1.82) is 0 Å². The van der Waals surface area contributed by atoms with E-state index in [4.69, 9.17) is 9.47 Å². The number of likely N-dealkylation sites (N-methyl/N-ethyl adjacent to an activating group) is 1. The van der Waals surface area contributed by atoms with Crippen LogP contribution in [0.2, 0.25) is 0 Å². The highest BCUT2D eigenvalue weighted by atomic mass is 16.5. The van der Waals surface area contributed by atoms with Crippen LogP contribution in [0.25, 0.3) is 16.9 Å². The Balaban J connectivity index is 1.36. The molecule has 0 bridgehead atoms. The second kappa shape index (κ2) is 10.5. The van der Waals surface area contributed by atoms with Gasteiger partial charge in [0.05, 0.1) is 19.9 Å². The lowest BCUT2D eigenvalue weighted by molar-refractivity contribution is 0.0663. The first-order valence-corrected chi connectivity index (χ1v) is 12.3. The van der Waals surface area contributed by atoms with Gasteiger partial charge in [0.1, 0.15) is 0 Å². The smallest absolute Gasteiger partial charge is 0.276 e. The van der Waals surface area contributed by atoms with Crippen molar-refractivity contribution in [3.05, 3.63) is 71.5 Å². The van der Waals surface area contributed by atoms with Gasteiger partial charge >= 0.3 is 0 Å². The van der Waals surface area contributed by atoms with Crippen molar-refractivity contribution < 1.29 is 19.1 Å². The summed E-state index contributed by atoms with van der Waals surface area (Å²) in [6, 6.07) is 14.3. The van der Waals surface area contributed by atoms with Crippen molar-refractivity contribution in [1.82, 2.24) is 24.4 Å². The summed E-state index contributed by atoms with van der Waals surface area (Å²) in [5.41, 5.74) is 4.38. The van der Waals surface area contributed by atoms with E-state index < -0.39 is 0 Å². The second-order valence-electron chi connectivity index (χ2n) is 9.28. The Morgan fingerprint density at radius 1 is 0.921 bits per heavy atom. The lowest BCUT2D eigenvalue weighted by Crippen LogP contribution is -2.47. The fourth-order valence-electron chi connectivity index (χ4n) is 4.58. The molecule has 196 valence electrons. The minimum absolute atomic E-state index is 0.0163. The molecule has 0 radical (unpaired) electrons. The van der Waals surface area contributed by atoms with Crippen molar-refractivity contribution in [2.75, 3.05) is 52.8 Å². The molecule has 2 amide bonds. The number of carbonyl (C=O) groups is 2. The third-order valence-electron chi connectivity index (χ3n) is 6.78. The van der Waals surface area contributed by atoms with Gasteiger partial charge < -0.3 is 24.6 Å². The van der Waals surface area contributed by atoms with Gasteiger partial charge in [-0.1, -0.05) is 0 Å². The van der Waals surface area contributed by atoms with E-state index in [1.807, 2.05) is 42.2 Å². The fraction of sp³-hybridized carbons (Fsp3) is 0.286. The number of nitrogens with one attached hydrogen (secondary N) is 1. The molecule has 38 heavy (non-hydrogen) atoms. The molecule has 1 fully saturated rings. The number of fused-ring (bicyclic) bond motifs is 1. The van der Waals surface area contributed by atoms with E-state index >= 15 is 0 Å². The highest BCUT2D eigenvalue weighted by Crippen LogP contribution is 2.32. The molecule has 1 saturated heterocycles. The van der Waals surface area contributed by atoms with Crippen molar-refractivity contribution >= 4 is 23.1 Å². The van der Waals surface area contributed by atoms with Gasteiger partial charge in [-0.2, -0.15) is 5.10 Å². The number of hydrogen-bond acceptors (Lipinski definition) is 7. The normalized spacial score (nSPS) is 13.9. The summed E-state index contributed by atoms with van der Waals surface area (Å²) in [5, 5.41) is 7.42. The van der Waals surface area contributed by atoms with Gasteiger partial charge in [-0.05, 0) is 62.0 Å². The zero-order chi connectivity index (χ0) is 26.8. The highest BCUT2D eigenvalue weighted by molar-refractivity contribution is 6.04. The number of ether oxygens (including phenoxy) is 2. The predicted molar refractivity (Wildman–Crippen MR) is 144 cm³/mol. The topological polar surface area (TPSA) is 101 Å². The monoisotopic (exact) mass is 514 g/mol. The third-order valence-corrected chi connectivity index (χ3v) is 6.78. The second-order valence-corrected chi connectivity index (χ2v) is 9.28. The Bertz CT molecular complexity index is 1510. The predicted octanol–water partition coefficient (Wildman–Crippen LogP) is 3.36. The minimum atomic E-state index is -0.369. The number of rotatable bonds is 6. The Morgan fingerprint density at radius 3 is 2.39 bits per heavy atom. The molecule has 1 aliphatic rings. The van der Waals surface area contributed by atoms with E-state index in [2.05, 4.69) is 27.3 Å². The summed E-state index contributed by atoms with van der Waals surface area (Å²) >= 11 is 0. The lowest BCUT2D eigenvalue weighted by atomic mass is 10.1. The van der Waals surface area contributed by atoms with Crippen LogP contribution in [-0.2, 0) is 0 Å². The van der Waals surface area contributed by atoms with Gasteiger partial charge in [0.15, 0.2) is 22.8 Å². The Labute approximate surface area is 220 Å². The average molecular weight is 515 g/mol. The minimum Gasteiger partial charge on any atom is -0.493 e. The van der Waals surface area contributed by atoms with Gasteiger partial charge in [0.2, 0.25) is 0 Å². The fourth-order valence-corrected chi connectivity index (χ4v) is 4.58. The molecule has 2 aromatic carbocycles. The van der Waals surface area contributed by atoms with Crippen LogP contribution in [0.5, 0.6) is 11.5 Å². The van der Waals surface area contributed by atoms with Gasteiger partial charge in [-0.25, -0.2) is 9.50 Å².